The average molecular weight is 338 g/mol. The van der Waals surface area contributed by atoms with E-state index in [1.54, 1.807) is 4.90 Å². The minimum atomic E-state index is -0.570. The van der Waals surface area contributed by atoms with Crippen molar-refractivity contribution in [2.24, 2.45) is 0 Å². The van der Waals surface area contributed by atoms with Gasteiger partial charge in [-0.05, 0) is 43.2 Å². The van der Waals surface area contributed by atoms with Crippen molar-refractivity contribution in [2.75, 3.05) is 16.8 Å². The first kappa shape index (κ1) is 17.0. The molecule has 3 rings (SSSR count). The monoisotopic (exact) mass is 338 g/mol. The summed E-state index contributed by atoms with van der Waals surface area (Å²) in [6.45, 7) is 2.64. The lowest BCUT2D eigenvalue weighted by Gasteiger charge is -2.19. The van der Waals surface area contributed by atoms with E-state index >= 15 is 0 Å². The zero-order valence-corrected chi connectivity index (χ0v) is 14.3. The number of nitrogens with one attached hydrogen (secondary N) is 1. The zero-order valence-electron chi connectivity index (χ0n) is 14.3. The van der Waals surface area contributed by atoms with E-state index in [1.807, 2.05) is 61.5 Å². The van der Waals surface area contributed by atoms with Gasteiger partial charge in [0.2, 0.25) is 5.91 Å². The summed E-state index contributed by atoms with van der Waals surface area (Å²) in [5.41, 5.74) is 1.48. The number of carbonyl (C=O) groups is 2. The minimum Gasteiger partial charge on any atom is -0.481 e. The molecular weight excluding hydrogens is 316 g/mol. The van der Waals surface area contributed by atoms with Crippen LogP contribution in [0, 0.1) is 0 Å². The Morgan fingerprint density at radius 2 is 2.00 bits per heavy atom. The van der Waals surface area contributed by atoms with Gasteiger partial charge in [0.05, 0.1) is 0 Å². The summed E-state index contributed by atoms with van der Waals surface area (Å²) >= 11 is 0. The van der Waals surface area contributed by atoms with Gasteiger partial charge in [-0.15, -0.1) is 0 Å². The van der Waals surface area contributed by atoms with E-state index in [0.717, 1.165) is 18.7 Å². The molecule has 1 atom stereocenters. The van der Waals surface area contributed by atoms with E-state index in [0.29, 0.717) is 24.3 Å². The average Bonchev–Trinajstić information content (AvgIpc) is 3.06. The zero-order chi connectivity index (χ0) is 17.6. The minimum absolute atomic E-state index is 0.127. The Labute approximate surface area is 147 Å². The van der Waals surface area contributed by atoms with E-state index in [-0.39, 0.29) is 11.8 Å². The third-order valence-electron chi connectivity index (χ3n) is 4.18. The van der Waals surface area contributed by atoms with Crippen molar-refractivity contribution in [3.05, 3.63) is 54.6 Å². The number of rotatable bonds is 6. The molecule has 2 aromatic rings. The molecule has 0 spiro atoms. The van der Waals surface area contributed by atoms with Gasteiger partial charge in [-0.3, -0.25) is 9.59 Å². The summed E-state index contributed by atoms with van der Waals surface area (Å²) in [5.74, 6) is 0.597. The lowest BCUT2D eigenvalue weighted by molar-refractivity contribution is -0.122. The first-order valence-electron chi connectivity index (χ1n) is 8.60. The predicted molar refractivity (Wildman–Crippen MR) is 97.8 cm³/mol. The maximum atomic E-state index is 12.5. The highest BCUT2D eigenvalue weighted by atomic mass is 16.5. The highest BCUT2D eigenvalue weighted by Crippen LogP contribution is 2.24. The molecule has 1 heterocycles. The fourth-order valence-corrected chi connectivity index (χ4v) is 2.88. The van der Waals surface area contributed by atoms with Crippen LogP contribution in [0.1, 0.15) is 26.2 Å². The molecule has 1 aliphatic rings. The second kappa shape index (κ2) is 7.83. The molecule has 0 saturated carbocycles. The lowest BCUT2D eigenvalue weighted by Crippen LogP contribution is -2.32. The molecule has 0 bridgehead atoms. The number of benzene rings is 2. The third-order valence-corrected chi connectivity index (χ3v) is 4.18. The van der Waals surface area contributed by atoms with Gasteiger partial charge in [0.1, 0.15) is 5.75 Å². The maximum absolute atomic E-state index is 12.5. The Hall–Kier alpha value is -2.82. The number of amides is 2. The highest BCUT2D eigenvalue weighted by molar-refractivity contribution is 5.98. The Morgan fingerprint density at radius 3 is 2.68 bits per heavy atom. The summed E-state index contributed by atoms with van der Waals surface area (Å²) in [4.78, 5) is 26.2. The van der Waals surface area contributed by atoms with Gasteiger partial charge >= 0.3 is 0 Å². The van der Waals surface area contributed by atoms with Crippen LogP contribution in [0.3, 0.4) is 0 Å². The Kier molecular flexibility index (Phi) is 5.33. The molecule has 0 aliphatic carbocycles. The van der Waals surface area contributed by atoms with E-state index in [1.165, 1.54) is 0 Å². The van der Waals surface area contributed by atoms with Crippen molar-refractivity contribution >= 4 is 23.2 Å². The summed E-state index contributed by atoms with van der Waals surface area (Å²) in [6, 6.07) is 16.7. The van der Waals surface area contributed by atoms with Gasteiger partial charge in [0.15, 0.2) is 6.10 Å². The van der Waals surface area contributed by atoms with Crippen LogP contribution in [0.4, 0.5) is 11.4 Å². The summed E-state index contributed by atoms with van der Waals surface area (Å²) in [7, 11) is 0. The van der Waals surface area contributed by atoms with Crippen molar-refractivity contribution < 1.29 is 14.3 Å². The molecule has 2 amide bonds. The Bertz CT molecular complexity index is 746. The van der Waals surface area contributed by atoms with Crippen LogP contribution in [0.2, 0.25) is 0 Å². The highest BCUT2D eigenvalue weighted by Gasteiger charge is 2.23. The molecule has 5 heteroatoms. The fraction of sp³-hybridized carbons (Fsp3) is 0.300. The maximum Gasteiger partial charge on any atom is 0.265 e. The molecule has 0 aromatic heterocycles. The molecule has 25 heavy (non-hydrogen) atoms. The van der Waals surface area contributed by atoms with Crippen molar-refractivity contribution in [1.82, 2.24) is 0 Å². The van der Waals surface area contributed by atoms with Crippen LogP contribution in [0.15, 0.2) is 54.6 Å². The lowest BCUT2D eigenvalue weighted by atomic mass is 10.2. The largest absolute Gasteiger partial charge is 0.481 e. The van der Waals surface area contributed by atoms with Crippen LogP contribution in [-0.2, 0) is 9.59 Å². The molecule has 5 nitrogen and oxygen atoms in total. The quantitative estimate of drug-likeness (QED) is 0.875. The standard InChI is InChI=1S/C20H22N2O3/c1-2-18(25-17-10-4-3-5-11-17)20(24)21-15-8-6-9-16(14-15)22-13-7-12-19(22)23/h3-6,8-11,14,18H,2,7,12-13H2,1H3,(H,21,24). The number of para-hydroxylation sites is 1. The van der Waals surface area contributed by atoms with Crippen molar-refractivity contribution in [3.8, 4) is 5.75 Å². The molecule has 1 aliphatic heterocycles. The topological polar surface area (TPSA) is 58.6 Å². The molecule has 1 unspecified atom stereocenters. The number of anilines is 2. The van der Waals surface area contributed by atoms with Crippen molar-refractivity contribution in [1.29, 1.82) is 0 Å². The van der Waals surface area contributed by atoms with Gasteiger partial charge in [-0.1, -0.05) is 31.2 Å². The smallest absolute Gasteiger partial charge is 0.265 e. The number of hydrogen-bond donors (Lipinski definition) is 1. The van der Waals surface area contributed by atoms with Crippen LogP contribution >= 0.6 is 0 Å². The van der Waals surface area contributed by atoms with E-state index in [9.17, 15) is 9.59 Å². The van der Waals surface area contributed by atoms with Gasteiger partial charge in [0.25, 0.3) is 5.91 Å². The normalized spacial score (nSPS) is 15.1. The fourth-order valence-electron chi connectivity index (χ4n) is 2.88. The van der Waals surface area contributed by atoms with Gasteiger partial charge in [0, 0.05) is 24.3 Å². The number of hydrogen-bond acceptors (Lipinski definition) is 3. The van der Waals surface area contributed by atoms with Crippen LogP contribution in [0.25, 0.3) is 0 Å². The van der Waals surface area contributed by atoms with E-state index in [4.69, 9.17) is 4.74 Å². The second-order valence-corrected chi connectivity index (χ2v) is 6.02. The molecular formula is C20H22N2O3. The van der Waals surface area contributed by atoms with Crippen LogP contribution < -0.4 is 15.0 Å². The Balaban J connectivity index is 1.68. The molecule has 130 valence electrons. The number of carbonyl (C=O) groups excluding carboxylic acids is 2. The number of nitrogens with zero attached hydrogens (tertiary/aromatic N) is 1. The number of ether oxygens (including phenoxy) is 1. The SMILES string of the molecule is CCC(Oc1ccccc1)C(=O)Nc1cccc(N2CCCC2=O)c1. The molecule has 1 N–H and O–H groups in total. The molecule has 2 aromatic carbocycles. The van der Waals surface area contributed by atoms with E-state index < -0.39 is 6.10 Å². The van der Waals surface area contributed by atoms with Gasteiger partial charge in [-0.2, -0.15) is 0 Å². The van der Waals surface area contributed by atoms with Gasteiger partial charge in [-0.25, -0.2) is 0 Å². The third kappa shape index (κ3) is 4.18. The first-order valence-corrected chi connectivity index (χ1v) is 8.60. The molecule has 1 fully saturated rings. The van der Waals surface area contributed by atoms with Crippen molar-refractivity contribution in [3.63, 3.8) is 0 Å². The van der Waals surface area contributed by atoms with Crippen molar-refractivity contribution in [2.45, 2.75) is 32.3 Å². The summed E-state index contributed by atoms with van der Waals surface area (Å²) in [6.07, 6.45) is 1.45. The van der Waals surface area contributed by atoms with Gasteiger partial charge < -0.3 is 15.0 Å². The summed E-state index contributed by atoms with van der Waals surface area (Å²) < 4.78 is 5.77. The summed E-state index contributed by atoms with van der Waals surface area (Å²) in [5, 5.41) is 2.89. The molecule has 1 saturated heterocycles. The van der Waals surface area contributed by atoms with E-state index in [2.05, 4.69) is 5.32 Å². The van der Waals surface area contributed by atoms with Crippen LogP contribution in [-0.4, -0.2) is 24.5 Å². The van der Waals surface area contributed by atoms with Crippen LogP contribution in [0.5, 0.6) is 5.75 Å². The second-order valence-electron chi connectivity index (χ2n) is 6.02. The Morgan fingerprint density at radius 1 is 1.20 bits per heavy atom. The predicted octanol–water partition coefficient (Wildman–Crippen LogP) is 3.61. The molecule has 0 radical (unpaired) electrons. The first-order chi connectivity index (χ1) is 12.2.